The molecule has 2 aliphatic rings. The Kier molecular flexibility index (Phi) is 2.08. The van der Waals surface area contributed by atoms with Crippen molar-refractivity contribution in [3.8, 4) is 0 Å². The third kappa shape index (κ3) is 1.29. The van der Waals surface area contributed by atoms with Gasteiger partial charge in [-0.25, -0.2) is 0 Å². The van der Waals surface area contributed by atoms with E-state index in [4.69, 9.17) is 0 Å². The van der Waals surface area contributed by atoms with Crippen LogP contribution in [0.4, 0.5) is 0 Å². The number of benzene rings is 2. The van der Waals surface area contributed by atoms with Gasteiger partial charge in [-0.1, -0.05) is 18.2 Å². The molecule has 0 bridgehead atoms. The second kappa shape index (κ2) is 3.80. The summed E-state index contributed by atoms with van der Waals surface area (Å²) >= 11 is 0. The zero-order valence-electron chi connectivity index (χ0n) is 12.6. The molecule has 22 heavy (non-hydrogen) atoms. The Labute approximate surface area is 128 Å². The molecule has 3 heteroatoms. The normalized spacial score (nSPS) is 18.7. The molecule has 0 unspecified atom stereocenters. The van der Waals surface area contributed by atoms with Crippen LogP contribution < -0.4 is 0 Å². The van der Waals surface area contributed by atoms with Crippen molar-refractivity contribution in [2.45, 2.75) is 19.5 Å². The first-order valence-electron chi connectivity index (χ1n) is 7.64. The Balaban J connectivity index is 1.79. The Morgan fingerprint density at radius 2 is 1.91 bits per heavy atom. The van der Waals surface area contributed by atoms with Crippen LogP contribution in [0.25, 0.3) is 10.9 Å². The highest BCUT2D eigenvalue weighted by Crippen LogP contribution is 2.46. The van der Waals surface area contributed by atoms with Crippen LogP contribution in [0.1, 0.15) is 38.8 Å². The quantitative estimate of drug-likeness (QED) is 0.621. The topological polar surface area (TPSA) is 25.2 Å². The number of hydrogen-bond acceptors (Lipinski definition) is 1. The average Bonchev–Trinajstić information content (AvgIpc) is 3.11. The van der Waals surface area contributed by atoms with Crippen molar-refractivity contribution in [1.82, 2.24) is 9.47 Å². The molecule has 3 nitrogen and oxygen atoms in total. The number of aromatic nitrogens is 1. The summed E-state index contributed by atoms with van der Waals surface area (Å²) in [5.74, 6) is 0.164. The molecule has 0 saturated carbocycles. The maximum absolute atomic E-state index is 12.6. The van der Waals surface area contributed by atoms with Gasteiger partial charge < -0.3 is 9.47 Å². The van der Waals surface area contributed by atoms with E-state index in [0.29, 0.717) is 0 Å². The molecule has 0 aliphatic carbocycles. The smallest absolute Gasteiger partial charge is 0.255 e. The fourth-order valence-electron chi connectivity index (χ4n) is 4.03. The summed E-state index contributed by atoms with van der Waals surface area (Å²) in [6, 6.07) is 14.9. The summed E-state index contributed by atoms with van der Waals surface area (Å²) in [5, 5.41) is 1.26. The predicted octanol–water partition coefficient (Wildman–Crippen LogP) is 3.55. The van der Waals surface area contributed by atoms with Gasteiger partial charge in [-0.3, -0.25) is 4.79 Å². The molecule has 3 heterocycles. The van der Waals surface area contributed by atoms with Gasteiger partial charge in [-0.15, -0.1) is 0 Å². The minimum Gasteiger partial charge on any atom is -0.348 e. The average molecular weight is 288 g/mol. The van der Waals surface area contributed by atoms with Gasteiger partial charge in [0.05, 0.1) is 6.04 Å². The van der Waals surface area contributed by atoms with Crippen molar-refractivity contribution >= 4 is 16.8 Å². The van der Waals surface area contributed by atoms with E-state index >= 15 is 0 Å². The summed E-state index contributed by atoms with van der Waals surface area (Å²) < 4.78 is 2.22. The van der Waals surface area contributed by atoms with Gasteiger partial charge in [-0.05, 0) is 47.9 Å². The molecule has 0 spiro atoms. The fourth-order valence-corrected chi connectivity index (χ4v) is 4.03. The van der Waals surface area contributed by atoms with Crippen LogP contribution in [0.15, 0.2) is 42.5 Å². The zero-order chi connectivity index (χ0) is 15.0. The van der Waals surface area contributed by atoms with Gasteiger partial charge in [0.15, 0.2) is 0 Å². The number of aryl methyl sites for hydroxylation is 2. The Hall–Kier alpha value is -2.55. The summed E-state index contributed by atoms with van der Waals surface area (Å²) in [6.07, 6.45) is 0. The van der Waals surface area contributed by atoms with E-state index in [1.54, 1.807) is 0 Å². The molecule has 0 saturated heterocycles. The van der Waals surface area contributed by atoms with Gasteiger partial charge in [0.25, 0.3) is 5.91 Å². The van der Waals surface area contributed by atoms with Crippen molar-refractivity contribution < 1.29 is 4.79 Å². The number of amides is 1. The summed E-state index contributed by atoms with van der Waals surface area (Å²) in [4.78, 5) is 14.6. The molecule has 2 aromatic carbocycles. The van der Waals surface area contributed by atoms with Crippen LogP contribution in [0, 0.1) is 6.92 Å². The monoisotopic (exact) mass is 288 g/mol. The van der Waals surface area contributed by atoms with E-state index in [1.807, 2.05) is 23.1 Å². The first-order chi connectivity index (χ1) is 10.6. The maximum Gasteiger partial charge on any atom is 0.255 e. The van der Waals surface area contributed by atoms with Crippen LogP contribution in [-0.4, -0.2) is 15.4 Å². The molecule has 108 valence electrons. The third-order valence-electron chi connectivity index (χ3n) is 5.24. The van der Waals surface area contributed by atoms with Crippen molar-refractivity contribution in [3.05, 3.63) is 70.4 Å². The molecular formula is C19H16N2O. The summed E-state index contributed by atoms with van der Waals surface area (Å²) in [6.45, 7) is 2.85. The van der Waals surface area contributed by atoms with Crippen LogP contribution in [0.5, 0.6) is 0 Å². The van der Waals surface area contributed by atoms with E-state index in [-0.39, 0.29) is 11.9 Å². The Bertz CT molecular complexity index is 967. The number of fused-ring (bicyclic) bond motifs is 6. The molecule has 0 N–H and O–H groups in total. The van der Waals surface area contributed by atoms with Gasteiger partial charge in [0.1, 0.15) is 0 Å². The lowest BCUT2D eigenvalue weighted by Gasteiger charge is -2.16. The van der Waals surface area contributed by atoms with E-state index in [9.17, 15) is 4.79 Å². The highest BCUT2D eigenvalue weighted by atomic mass is 16.2. The number of carbonyl (C=O) groups is 1. The number of hydrogen-bond donors (Lipinski definition) is 0. The lowest BCUT2D eigenvalue weighted by atomic mass is 9.96. The predicted molar refractivity (Wildman–Crippen MR) is 85.8 cm³/mol. The minimum atomic E-state index is 0.0957. The van der Waals surface area contributed by atoms with Crippen LogP contribution in [0.2, 0.25) is 0 Å². The molecule has 1 aromatic heterocycles. The molecular weight excluding hydrogens is 272 g/mol. The Morgan fingerprint density at radius 1 is 1.09 bits per heavy atom. The van der Waals surface area contributed by atoms with Crippen LogP contribution >= 0.6 is 0 Å². The first kappa shape index (κ1) is 12.0. The fraction of sp³-hybridized carbons (Fsp3) is 0.211. The summed E-state index contributed by atoms with van der Waals surface area (Å²) in [7, 11) is 2.10. The second-order valence-electron chi connectivity index (χ2n) is 6.38. The molecule has 5 rings (SSSR count). The van der Waals surface area contributed by atoms with E-state index < -0.39 is 0 Å². The van der Waals surface area contributed by atoms with E-state index in [2.05, 4.69) is 42.8 Å². The van der Waals surface area contributed by atoms with Crippen molar-refractivity contribution in [3.63, 3.8) is 0 Å². The van der Waals surface area contributed by atoms with Crippen LogP contribution in [-0.2, 0) is 13.6 Å². The molecule has 0 radical (unpaired) electrons. The van der Waals surface area contributed by atoms with Gasteiger partial charge in [-0.2, -0.15) is 0 Å². The lowest BCUT2D eigenvalue weighted by molar-refractivity contribution is 0.0759. The van der Waals surface area contributed by atoms with Gasteiger partial charge in [0.2, 0.25) is 0 Å². The second-order valence-corrected chi connectivity index (χ2v) is 6.38. The van der Waals surface area contributed by atoms with Crippen molar-refractivity contribution in [1.29, 1.82) is 0 Å². The number of carbonyl (C=O) groups excluding carboxylic acids is 1. The van der Waals surface area contributed by atoms with E-state index in [1.165, 1.54) is 27.7 Å². The highest BCUT2D eigenvalue weighted by molar-refractivity contribution is 6.01. The molecule has 1 amide bonds. The molecule has 0 fully saturated rings. The lowest BCUT2D eigenvalue weighted by Crippen LogP contribution is -2.21. The zero-order valence-corrected chi connectivity index (χ0v) is 12.6. The van der Waals surface area contributed by atoms with E-state index in [0.717, 1.165) is 17.7 Å². The molecule has 3 aromatic rings. The number of rotatable bonds is 0. The largest absolute Gasteiger partial charge is 0.348 e. The molecule has 2 aliphatic heterocycles. The van der Waals surface area contributed by atoms with Gasteiger partial charge >= 0.3 is 0 Å². The highest BCUT2D eigenvalue weighted by Gasteiger charge is 2.42. The van der Waals surface area contributed by atoms with Crippen LogP contribution in [0.3, 0.4) is 0 Å². The molecule has 1 atom stereocenters. The number of nitrogens with zero attached hydrogens (tertiary/aromatic N) is 2. The SMILES string of the molecule is Cc1cc2cc3c(cc2n1C)[C@@H]1c2ccccc2C(=O)N1C3. The Morgan fingerprint density at radius 3 is 2.77 bits per heavy atom. The first-order valence-corrected chi connectivity index (χ1v) is 7.64. The minimum absolute atomic E-state index is 0.0957. The standard InChI is InChI=1S/C19H16N2O/c1-11-7-12-8-13-10-21-18(16(13)9-17(12)20(11)2)14-5-3-4-6-15(14)19(21)22/h3-9,18H,10H2,1-2H3/t18-/m0/s1. The summed E-state index contributed by atoms with van der Waals surface area (Å²) in [5.41, 5.74) is 7.09. The van der Waals surface area contributed by atoms with Gasteiger partial charge in [0, 0.05) is 35.8 Å². The third-order valence-corrected chi connectivity index (χ3v) is 5.24. The van der Waals surface area contributed by atoms with Crippen molar-refractivity contribution in [2.75, 3.05) is 0 Å². The maximum atomic E-state index is 12.6. The van der Waals surface area contributed by atoms with Crippen molar-refractivity contribution in [2.24, 2.45) is 7.05 Å².